The van der Waals surface area contributed by atoms with Crippen LogP contribution in [0.2, 0.25) is 0 Å². The molecule has 1 rings (SSSR count). The molecule has 1 saturated carbocycles. The van der Waals surface area contributed by atoms with Gasteiger partial charge < -0.3 is 5.11 Å². The van der Waals surface area contributed by atoms with Crippen molar-refractivity contribution in [3.05, 3.63) is 0 Å². The summed E-state index contributed by atoms with van der Waals surface area (Å²) in [6.45, 7) is 3.71. The second-order valence-corrected chi connectivity index (χ2v) is 6.72. The first kappa shape index (κ1) is 15.4. The van der Waals surface area contributed by atoms with Crippen LogP contribution in [-0.2, 0) is 15.0 Å². The molecule has 106 valence electrons. The summed E-state index contributed by atoms with van der Waals surface area (Å²) in [5, 5.41) is 8.99. The first-order valence-corrected chi connectivity index (χ1v) is 7.81. The molecule has 1 fully saturated rings. The molecule has 6 nitrogen and oxygen atoms in total. The van der Waals surface area contributed by atoms with E-state index >= 15 is 0 Å². The summed E-state index contributed by atoms with van der Waals surface area (Å²) in [7, 11) is -3.74. The molecule has 18 heavy (non-hydrogen) atoms. The van der Waals surface area contributed by atoms with E-state index in [9.17, 15) is 13.2 Å². The molecule has 1 aliphatic carbocycles. The van der Waals surface area contributed by atoms with Crippen molar-refractivity contribution >= 4 is 16.2 Å². The van der Waals surface area contributed by atoms with Crippen LogP contribution in [0.25, 0.3) is 0 Å². The average Bonchev–Trinajstić information content (AvgIpc) is 2.67. The molecular formula is C11H22N2O4S. The monoisotopic (exact) mass is 278 g/mol. The molecule has 0 aromatic heterocycles. The molecule has 1 aliphatic rings. The van der Waals surface area contributed by atoms with E-state index < -0.39 is 22.2 Å². The van der Waals surface area contributed by atoms with E-state index in [4.69, 9.17) is 5.11 Å². The molecule has 0 aromatic carbocycles. The van der Waals surface area contributed by atoms with Gasteiger partial charge in [-0.1, -0.05) is 26.7 Å². The summed E-state index contributed by atoms with van der Waals surface area (Å²) < 4.78 is 28.3. The van der Waals surface area contributed by atoms with Gasteiger partial charge in [-0.15, -0.1) is 0 Å². The van der Waals surface area contributed by atoms with Crippen LogP contribution in [0.15, 0.2) is 0 Å². The largest absolute Gasteiger partial charge is 0.480 e. The average molecular weight is 278 g/mol. The normalized spacial score (nSPS) is 19.3. The lowest BCUT2D eigenvalue weighted by Gasteiger charge is -2.19. The zero-order valence-corrected chi connectivity index (χ0v) is 11.7. The van der Waals surface area contributed by atoms with E-state index in [1.165, 1.54) is 0 Å². The Kier molecular flexibility index (Phi) is 5.55. The van der Waals surface area contributed by atoms with Gasteiger partial charge in [-0.3, -0.25) is 4.79 Å². The van der Waals surface area contributed by atoms with E-state index in [1.807, 2.05) is 13.8 Å². The van der Waals surface area contributed by atoms with Gasteiger partial charge in [0.1, 0.15) is 6.04 Å². The maximum absolute atomic E-state index is 11.8. The molecule has 1 atom stereocenters. The Morgan fingerprint density at radius 1 is 1.33 bits per heavy atom. The Balaban J connectivity index is 2.57. The summed E-state index contributed by atoms with van der Waals surface area (Å²) >= 11 is 0. The number of hydrogen-bond donors (Lipinski definition) is 3. The summed E-state index contributed by atoms with van der Waals surface area (Å²) in [5.74, 6) is -1.03. The summed E-state index contributed by atoms with van der Waals surface area (Å²) in [6.07, 6.45) is 3.95. The van der Waals surface area contributed by atoms with Crippen molar-refractivity contribution in [3.8, 4) is 0 Å². The van der Waals surface area contributed by atoms with Gasteiger partial charge in [0.15, 0.2) is 0 Å². The Morgan fingerprint density at radius 3 is 2.33 bits per heavy atom. The second-order valence-electron chi connectivity index (χ2n) is 5.24. The molecule has 0 aliphatic heterocycles. The lowest BCUT2D eigenvalue weighted by Crippen LogP contribution is -2.49. The zero-order chi connectivity index (χ0) is 13.8. The smallest absolute Gasteiger partial charge is 0.321 e. The SMILES string of the molecule is CC(C)CC(NS(=O)(=O)NC1CCCC1)C(=O)O. The predicted octanol–water partition coefficient (Wildman–Crippen LogP) is 0.852. The van der Waals surface area contributed by atoms with Crippen LogP contribution in [0.5, 0.6) is 0 Å². The summed E-state index contributed by atoms with van der Waals surface area (Å²) in [6, 6.07) is -1.13. The standard InChI is InChI=1S/C11H22N2O4S/c1-8(2)7-10(11(14)15)13-18(16,17)12-9-5-3-4-6-9/h8-10,12-13H,3-7H2,1-2H3,(H,14,15). The van der Waals surface area contributed by atoms with E-state index in [1.54, 1.807) is 0 Å². The number of hydrogen-bond acceptors (Lipinski definition) is 3. The van der Waals surface area contributed by atoms with Crippen molar-refractivity contribution in [2.45, 2.75) is 58.0 Å². The van der Waals surface area contributed by atoms with Crippen molar-refractivity contribution in [3.63, 3.8) is 0 Å². The van der Waals surface area contributed by atoms with Crippen molar-refractivity contribution in [2.24, 2.45) is 5.92 Å². The summed E-state index contributed by atoms with van der Waals surface area (Å²) in [5.41, 5.74) is 0. The van der Waals surface area contributed by atoms with Crippen LogP contribution in [0.3, 0.4) is 0 Å². The minimum absolute atomic E-state index is 0.0593. The van der Waals surface area contributed by atoms with Crippen molar-refractivity contribution in [2.75, 3.05) is 0 Å². The van der Waals surface area contributed by atoms with Gasteiger partial charge in [0.25, 0.3) is 10.2 Å². The van der Waals surface area contributed by atoms with Gasteiger partial charge in [0.05, 0.1) is 0 Å². The maximum atomic E-state index is 11.8. The fraction of sp³-hybridized carbons (Fsp3) is 0.909. The lowest BCUT2D eigenvalue weighted by molar-refractivity contribution is -0.139. The van der Waals surface area contributed by atoms with Gasteiger partial charge >= 0.3 is 5.97 Å². The third-order valence-corrected chi connectivity index (χ3v) is 4.22. The van der Waals surface area contributed by atoms with Crippen LogP contribution >= 0.6 is 0 Å². The van der Waals surface area contributed by atoms with Crippen LogP contribution in [0.4, 0.5) is 0 Å². The Morgan fingerprint density at radius 2 is 1.89 bits per heavy atom. The Hall–Kier alpha value is -0.660. The first-order valence-electron chi connectivity index (χ1n) is 6.32. The topological polar surface area (TPSA) is 95.5 Å². The lowest BCUT2D eigenvalue weighted by atomic mass is 10.1. The molecule has 0 bridgehead atoms. The molecule has 0 spiro atoms. The molecule has 0 amide bonds. The van der Waals surface area contributed by atoms with E-state index in [-0.39, 0.29) is 18.4 Å². The van der Waals surface area contributed by atoms with Crippen LogP contribution < -0.4 is 9.44 Å². The predicted molar refractivity (Wildman–Crippen MR) is 68.3 cm³/mol. The van der Waals surface area contributed by atoms with Crippen LogP contribution in [0, 0.1) is 5.92 Å². The summed E-state index contributed by atoms with van der Waals surface area (Å²) in [4.78, 5) is 11.0. The van der Waals surface area contributed by atoms with Crippen molar-refractivity contribution < 1.29 is 18.3 Å². The fourth-order valence-electron chi connectivity index (χ4n) is 2.16. The third-order valence-electron chi connectivity index (χ3n) is 2.98. The van der Waals surface area contributed by atoms with Gasteiger partial charge in [0.2, 0.25) is 0 Å². The minimum Gasteiger partial charge on any atom is -0.480 e. The third kappa shape index (κ3) is 5.32. The highest BCUT2D eigenvalue weighted by atomic mass is 32.2. The number of carboxylic acids is 1. The number of carbonyl (C=O) groups is 1. The number of aliphatic carboxylic acids is 1. The maximum Gasteiger partial charge on any atom is 0.321 e. The van der Waals surface area contributed by atoms with Gasteiger partial charge in [0, 0.05) is 6.04 Å². The molecule has 1 unspecified atom stereocenters. The Bertz CT molecular complexity index is 375. The minimum atomic E-state index is -3.74. The second kappa shape index (κ2) is 6.49. The van der Waals surface area contributed by atoms with Gasteiger partial charge in [-0.05, 0) is 25.2 Å². The van der Waals surface area contributed by atoms with Gasteiger partial charge in [-0.25, -0.2) is 0 Å². The highest BCUT2D eigenvalue weighted by molar-refractivity contribution is 7.87. The van der Waals surface area contributed by atoms with E-state index in [2.05, 4.69) is 9.44 Å². The Labute approximate surface area is 108 Å². The van der Waals surface area contributed by atoms with Crippen molar-refractivity contribution in [1.82, 2.24) is 9.44 Å². The van der Waals surface area contributed by atoms with E-state index in [0.717, 1.165) is 25.7 Å². The number of nitrogens with one attached hydrogen (secondary N) is 2. The van der Waals surface area contributed by atoms with Crippen molar-refractivity contribution in [1.29, 1.82) is 0 Å². The zero-order valence-electron chi connectivity index (χ0n) is 10.8. The van der Waals surface area contributed by atoms with Gasteiger partial charge in [-0.2, -0.15) is 17.9 Å². The molecule has 0 aromatic rings. The molecular weight excluding hydrogens is 256 g/mol. The molecule has 0 saturated heterocycles. The number of carboxylic acid groups (broad SMARTS) is 1. The van der Waals surface area contributed by atoms with E-state index in [0.29, 0.717) is 0 Å². The molecule has 7 heteroatoms. The fourth-order valence-corrected chi connectivity index (χ4v) is 3.47. The highest BCUT2D eigenvalue weighted by Crippen LogP contribution is 2.18. The molecule has 0 radical (unpaired) electrons. The first-order chi connectivity index (χ1) is 8.30. The number of rotatable bonds is 7. The molecule has 0 heterocycles. The molecule has 3 N–H and O–H groups in total. The highest BCUT2D eigenvalue weighted by Gasteiger charge is 2.27. The quantitative estimate of drug-likeness (QED) is 0.643. The van der Waals surface area contributed by atoms with Crippen LogP contribution in [0.1, 0.15) is 46.0 Å². The van der Waals surface area contributed by atoms with Crippen LogP contribution in [-0.4, -0.2) is 31.6 Å².